The predicted octanol–water partition coefficient (Wildman–Crippen LogP) is 1.24. The Hall–Kier alpha value is -2.47. The van der Waals surface area contributed by atoms with Crippen LogP contribution >= 0.6 is 0 Å². The Kier molecular flexibility index (Phi) is 8.10. The van der Waals surface area contributed by atoms with E-state index in [0.717, 1.165) is 29.2 Å². The largest absolute Gasteiger partial charge is 0.491 e. The van der Waals surface area contributed by atoms with Crippen LogP contribution in [-0.2, 0) is 14.6 Å². The Labute approximate surface area is 207 Å². The van der Waals surface area contributed by atoms with Gasteiger partial charge in [0.1, 0.15) is 30.1 Å². The van der Waals surface area contributed by atoms with Crippen molar-refractivity contribution in [2.24, 2.45) is 0 Å². The highest BCUT2D eigenvalue weighted by Crippen LogP contribution is 2.32. The van der Waals surface area contributed by atoms with Crippen molar-refractivity contribution in [3.05, 3.63) is 29.8 Å². The summed E-state index contributed by atoms with van der Waals surface area (Å²) < 4.78 is 35.6. The Morgan fingerprint density at radius 2 is 2.14 bits per heavy atom. The summed E-state index contributed by atoms with van der Waals surface area (Å²) in [5, 5.41) is 16.0. The third-order valence-corrected chi connectivity index (χ3v) is 8.01. The number of nitrogens with one attached hydrogen (secondary N) is 2. The van der Waals surface area contributed by atoms with E-state index in [0.29, 0.717) is 50.8 Å². The summed E-state index contributed by atoms with van der Waals surface area (Å²) in [4.78, 5) is 11.7. The number of nitrogens with zero attached hydrogens (tertiary/aromatic N) is 3. The first-order valence-corrected chi connectivity index (χ1v) is 13.9. The van der Waals surface area contributed by atoms with Crippen molar-refractivity contribution in [3.63, 3.8) is 0 Å². The quantitative estimate of drug-likeness (QED) is 0.434. The van der Waals surface area contributed by atoms with Crippen LogP contribution in [0.5, 0.6) is 5.75 Å². The molecule has 0 saturated carbocycles. The summed E-state index contributed by atoms with van der Waals surface area (Å²) in [7, 11) is -1.35. The molecule has 0 aliphatic carbocycles. The Bertz CT molecular complexity index is 1120. The van der Waals surface area contributed by atoms with Gasteiger partial charge in [0.25, 0.3) is 0 Å². The van der Waals surface area contributed by atoms with Crippen LogP contribution in [0.4, 0.5) is 11.6 Å². The average molecular weight is 506 g/mol. The van der Waals surface area contributed by atoms with Gasteiger partial charge < -0.3 is 30.1 Å². The maximum atomic E-state index is 12.1. The molecule has 1 aromatic heterocycles. The number of rotatable bonds is 10. The number of hydrogen-bond donors (Lipinski definition) is 3. The van der Waals surface area contributed by atoms with E-state index >= 15 is 0 Å². The van der Waals surface area contributed by atoms with Crippen molar-refractivity contribution in [1.29, 1.82) is 0 Å². The molecule has 2 aliphatic rings. The summed E-state index contributed by atoms with van der Waals surface area (Å²) in [5.41, 5.74) is 1.66. The van der Waals surface area contributed by atoms with E-state index in [-0.39, 0.29) is 12.6 Å². The summed E-state index contributed by atoms with van der Waals surface area (Å²) in [6, 6.07) is 7.63. The molecule has 2 aromatic rings. The van der Waals surface area contributed by atoms with Gasteiger partial charge in [0.05, 0.1) is 17.9 Å². The number of aliphatic hydroxyl groups is 1. The Morgan fingerprint density at radius 3 is 2.83 bits per heavy atom. The number of ether oxygens (including phenoxy) is 2. The van der Waals surface area contributed by atoms with E-state index < -0.39 is 21.2 Å². The first kappa shape index (κ1) is 25.6. The molecule has 2 aliphatic heterocycles. The molecule has 11 heteroatoms. The van der Waals surface area contributed by atoms with Crippen molar-refractivity contribution in [3.8, 4) is 17.1 Å². The summed E-state index contributed by atoms with van der Waals surface area (Å²) in [5.74, 6) is 2.59. The monoisotopic (exact) mass is 505 g/mol. The normalized spacial score (nSPS) is 21.3. The highest BCUT2D eigenvalue weighted by Gasteiger charge is 2.32. The molecule has 35 heavy (non-hydrogen) atoms. The van der Waals surface area contributed by atoms with Crippen LogP contribution in [0.2, 0.25) is 0 Å². The topological polar surface area (TPSA) is 126 Å². The van der Waals surface area contributed by atoms with E-state index in [9.17, 15) is 13.5 Å². The van der Waals surface area contributed by atoms with Crippen LogP contribution in [-0.4, -0.2) is 93.6 Å². The van der Waals surface area contributed by atoms with Gasteiger partial charge >= 0.3 is 0 Å². The van der Waals surface area contributed by atoms with E-state index in [4.69, 9.17) is 19.4 Å². The zero-order valence-corrected chi connectivity index (χ0v) is 21.3. The molecule has 3 atom stereocenters. The van der Waals surface area contributed by atoms with Gasteiger partial charge in [-0.05, 0) is 38.9 Å². The molecule has 2 unspecified atom stereocenters. The van der Waals surface area contributed by atoms with Crippen LogP contribution in [0.1, 0.15) is 18.4 Å². The standard InChI is InChI=1S/C24H35N5O5S/c1-16-22(26-18-8-10-33-14-18)27-23(28-24(16)29-9-7-21(13-29)35(3,31)32)17-5-4-6-20(11-17)34-15-19(30)12-25-2/h4-6,11,18-19,21,25,30H,7-10,12-15H2,1-3H3,(H,26,27,28)/t18?,19?,21-/m0/s1. The lowest BCUT2D eigenvalue weighted by Gasteiger charge is -2.23. The highest BCUT2D eigenvalue weighted by atomic mass is 32.2. The predicted molar refractivity (Wildman–Crippen MR) is 136 cm³/mol. The first-order chi connectivity index (χ1) is 16.7. The minimum absolute atomic E-state index is 0.162. The minimum Gasteiger partial charge on any atom is -0.491 e. The fourth-order valence-electron chi connectivity index (χ4n) is 4.41. The smallest absolute Gasteiger partial charge is 0.164 e. The number of anilines is 2. The maximum absolute atomic E-state index is 12.1. The summed E-state index contributed by atoms with van der Waals surface area (Å²) in [6.07, 6.45) is 2.15. The molecule has 2 fully saturated rings. The fourth-order valence-corrected chi connectivity index (χ4v) is 5.39. The first-order valence-electron chi connectivity index (χ1n) is 12.0. The van der Waals surface area contributed by atoms with Crippen molar-refractivity contribution >= 4 is 21.5 Å². The second-order valence-electron chi connectivity index (χ2n) is 9.29. The molecule has 0 amide bonds. The summed E-state index contributed by atoms with van der Waals surface area (Å²) in [6.45, 7) is 4.93. The Morgan fingerprint density at radius 1 is 1.31 bits per heavy atom. The van der Waals surface area contributed by atoms with Gasteiger partial charge in [-0.15, -0.1) is 0 Å². The lowest BCUT2D eigenvalue weighted by Crippen LogP contribution is -2.29. The molecule has 3 heterocycles. The van der Waals surface area contributed by atoms with E-state index in [1.54, 1.807) is 7.05 Å². The van der Waals surface area contributed by atoms with Crippen LogP contribution in [0.15, 0.2) is 24.3 Å². The van der Waals surface area contributed by atoms with E-state index in [2.05, 4.69) is 10.6 Å². The van der Waals surface area contributed by atoms with Gasteiger partial charge in [-0.25, -0.2) is 18.4 Å². The third kappa shape index (κ3) is 6.40. The van der Waals surface area contributed by atoms with E-state index in [1.807, 2.05) is 36.1 Å². The second kappa shape index (κ2) is 11.1. The number of aromatic nitrogens is 2. The number of aliphatic hydroxyl groups excluding tert-OH is 1. The van der Waals surface area contributed by atoms with Gasteiger partial charge in [0.15, 0.2) is 15.7 Å². The van der Waals surface area contributed by atoms with Gasteiger partial charge in [0, 0.05) is 43.6 Å². The number of sulfone groups is 1. The van der Waals surface area contributed by atoms with Crippen molar-refractivity contribution < 1.29 is 23.0 Å². The van der Waals surface area contributed by atoms with Crippen molar-refractivity contribution in [2.75, 3.05) is 63.0 Å². The van der Waals surface area contributed by atoms with E-state index in [1.165, 1.54) is 6.26 Å². The molecular weight excluding hydrogens is 470 g/mol. The lowest BCUT2D eigenvalue weighted by atomic mass is 10.1. The molecule has 10 nitrogen and oxygen atoms in total. The molecule has 1 aromatic carbocycles. The molecule has 2 saturated heterocycles. The zero-order chi connectivity index (χ0) is 25.0. The fraction of sp³-hybridized carbons (Fsp3) is 0.583. The van der Waals surface area contributed by atoms with Gasteiger partial charge in [-0.3, -0.25) is 0 Å². The van der Waals surface area contributed by atoms with Crippen molar-refractivity contribution in [2.45, 2.75) is 37.2 Å². The maximum Gasteiger partial charge on any atom is 0.164 e. The molecule has 3 N–H and O–H groups in total. The molecule has 192 valence electrons. The molecule has 0 radical (unpaired) electrons. The second-order valence-corrected chi connectivity index (χ2v) is 11.6. The number of hydrogen-bond acceptors (Lipinski definition) is 10. The molecule has 4 rings (SSSR count). The Balaban J connectivity index is 1.65. The highest BCUT2D eigenvalue weighted by molar-refractivity contribution is 7.91. The average Bonchev–Trinajstić information content (AvgIpc) is 3.52. The molecule has 0 spiro atoms. The number of likely N-dealkylation sites (N-methyl/N-ethyl adjacent to an activating group) is 1. The van der Waals surface area contributed by atoms with Crippen LogP contribution < -0.4 is 20.3 Å². The molecule has 0 bridgehead atoms. The van der Waals surface area contributed by atoms with Gasteiger partial charge in [-0.1, -0.05) is 12.1 Å². The summed E-state index contributed by atoms with van der Waals surface area (Å²) >= 11 is 0. The zero-order valence-electron chi connectivity index (χ0n) is 20.5. The molecular formula is C24H35N5O5S. The van der Waals surface area contributed by atoms with Gasteiger partial charge in [0.2, 0.25) is 0 Å². The lowest BCUT2D eigenvalue weighted by molar-refractivity contribution is 0.108. The van der Waals surface area contributed by atoms with Crippen LogP contribution in [0.3, 0.4) is 0 Å². The van der Waals surface area contributed by atoms with Crippen LogP contribution in [0, 0.1) is 6.92 Å². The minimum atomic E-state index is -3.13. The number of benzene rings is 1. The van der Waals surface area contributed by atoms with Gasteiger partial charge in [-0.2, -0.15) is 0 Å². The van der Waals surface area contributed by atoms with Crippen molar-refractivity contribution in [1.82, 2.24) is 15.3 Å². The SMILES string of the molecule is CNCC(O)COc1cccc(-c2nc(NC3CCOC3)c(C)c(N3CC[C@H](S(C)(=O)=O)C3)n2)c1. The van der Waals surface area contributed by atoms with Crippen LogP contribution in [0.25, 0.3) is 11.4 Å². The third-order valence-electron chi connectivity index (χ3n) is 6.42.